The van der Waals surface area contributed by atoms with Crippen LogP contribution in [-0.4, -0.2) is 0 Å². The van der Waals surface area contributed by atoms with Crippen molar-refractivity contribution in [2.45, 2.75) is 90.9 Å². The number of hydrogen-bond acceptors (Lipinski definition) is 0. The molecule has 0 aromatic rings. The monoisotopic (exact) mass is 276 g/mol. The van der Waals surface area contributed by atoms with E-state index in [1.54, 1.807) is 0 Å². The third-order valence-electron chi connectivity index (χ3n) is 4.66. The summed E-state index contributed by atoms with van der Waals surface area (Å²) >= 11 is 0. The molecule has 0 bridgehead atoms. The molecule has 0 radical (unpaired) electrons. The van der Waals surface area contributed by atoms with Gasteiger partial charge in [0.2, 0.25) is 0 Å². The van der Waals surface area contributed by atoms with E-state index in [0.29, 0.717) is 0 Å². The smallest absolute Gasteiger partial charge is 0.0202 e. The van der Waals surface area contributed by atoms with Crippen LogP contribution in [0, 0.1) is 11.8 Å². The number of rotatable bonds is 11. The molecule has 1 aliphatic rings. The van der Waals surface area contributed by atoms with E-state index < -0.39 is 0 Å². The Bertz CT molecular complexity index is 261. The minimum atomic E-state index is 0.862. The Morgan fingerprint density at radius 3 is 2.55 bits per heavy atom. The Kier molecular flexibility index (Phi) is 10.7. The lowest BCUT2D eigenvalue weighted by molar-refractivity contribution is 0.331. The van der Waals surface area contributed by atoms with Crippen LogP contribution in [0.15, 0.2) is 24.3 Å². The van der Waals surface area contributed by atoms with Gasteiger partial charge in [-0.2, -0.15) is 0 Å². The zero-order valence-corrected chi connectivity index (χ0v) is 13.9. The molecule has 0 saturated carbocycles. The Morgan fingerprint density at radius 1 is 0.950 bits per heavy atom. The molecule has 116 valence electrons. The predicted octanol–water partition coefficient (Wildman–Crippen LogP) is 7.07. The summed E-state index contributed by atoms with van der Waals surface area (Å²) in [6, 6.07) is 0. The molecule has 2 atom stereocenters. The molecular weight excluding hydrogens is 240 g/mol. The molecule has 20 heavy (non-hydrogen) atoms. The fraction of sp³-hybridized carbons (Fsp3) is 0.800. The lowest BCUT2D eigenvalue weighted by Gasteiger charge is -2.27. The summed E-state index contributed by atoms with van der Waals surface area (Å²) < 4.78 is 0. The summed E-state index contributed by atoms with van der Waals surface area (Å²) in [6.07, 6.45) is 26.3. The normalized spacial score (nSPS) is 22.7. The van der Waals surface area contributed by atoms with E-state index >= 15 is 0 Å². The Labute approximate surface area is 127 Å². The molecule has 2 unspecified atom stereocenters. The van der Waals surface area contributed by atoms with Crippen LogP contribution in [0.2, 0.25) is 0 Å². The Hall–Kier alpha value is -0.520. The molecule has 1 aliphatic carbocycles. The minimum absolute atomic E-state index is 0.862. The molecule has 0 saturated heterocycles. The van der Waals surface area contributed by atoms with Crippen LogP contribution in [0.25, 0.3) is 0 Å². The van der Waals surface area contributed by atoms with Crippen molar-refractivity contribution in [1.29, 1.82) is 0 Å². The number of unbranched alkanes of at least 4 members (excludes halogenated alkanes) is 6. The van der Waals surface area contributed by atoms with Crippen molar-refractivity contribution in [1.82, 2.24) is 0 Å². The number of hydrogen-bond donors (Lipinski definition) is 0. The van der Waals surface area contributed by atoms with Gasteiger partial charge >= 0.3 is 0 Å². The van der Waals surface area contributed by atoms with E-state index in [2.05, 4.69) is 38.2 Å². The first-order valence-corrected chi connectivity index (χ1v) is 9.20. The van der Waals surface area contributed by atoms with Gasteiger partial charge in [-0.15, -0.1) is 0 Å². The topological polar surface area (TPSA) is 0 Å². The molecule has 0 heterocycles. The van der Waals surface area contributed by atoms with Gasteiger partial charge in [-0.3, -0.25) is 0 Å². The summed E-state index contributed by atoms with van der Waals surface area (Å²) in [5.41, 5.74) is 0. The van der Waals surface area contributed by atoms with Crippen molar-refractivity contribution in [3.8, 4) is 0 Å². The summed E-state index contributed by atoms with van der Waals surface area (Å²) in [7, 11) is 0. The maximum absolute atomic E-state index is 2.52. The average molecular weight is 277 g/mol. The van der Waals surface area contributed by atoms with E-state index in [9.17, 15) is 0 Å². The summed E-state index contributed by atoms with van der Waals surface area (Å²) in [5, 5.41) is 0. The first kappa shape index (κ1) is 17.5. The molecule has 0 spiro atoms. The van der Waals surface area contributed by atoms with Crippen molar-refractivity contribution >= 4 is 0 Å². The zero-order valence-electron chi connectivity index (χ0n) is 13.9. The van der Waals surface area contributed by atoms with Crippen molar-refractivity contribution in [3.63, 3.8) is 0 Å². The van der Waals surface area contributed by atoms with Crippen LogP contribution in [0.5, 0.6) is 0 Å². The first-order chi connectivity index (χ1) is 9.88. The van der Waals surface area contributed by atoms with Crippen LogP contribution >= 0.6 is 0 Å². The predicted molar refractivity (Wildman–Crippen MR) is 92.0 cm³/mol. The van der Waals surface area contributed by atoms with Crippen LogP contribution in [-0.2, 0) is 0 Å². The highest BCUT2D eigenvalue weighted by molar-refractivity contribution is 4.99. The van der Waals surface area contributed by atoms with E-state index in [-0.39, 0.29) is 0 Å². The maximum atomic E-state index is 2.52. The van der Waals surface area contributed by atoms with Gasteiger partial charge in [-0.05, 0) is 50.4 Å². The lowest BCUT2D eigenvalue weighted by atomic mass is 9.79. The van der Waals surface area contributed by atoms with Crippen LogP contribution in [0.4, 0.5) is 0 Å². The fourth-order valence-corrected chi connectivity index (χ4v) is 3.28. The van der Waals surface area contributed by atoms with Gasteiger partial charge in [0.1, 0.15) is 0 Å². The molecule has 0 aromatic heterocycles. The standard InChI is InChI=1S/C20H36/c1-3-5-7-9-10-12-16-20-18-14-13-17-19(20)15-11-8-6-4-2/h10,12-13,17,19-20H,3-9,11,14-16,18H2,1-2H3/b12-10+. The highest BCUT2D eigenvalue weighted by atomic mass is 14.2. The van der Waals surface area contributed by atoms with E-state index in [4.69, 9.17) is 0 Å². The Morgan fingerprint density at radius 2 is 1.75 bits per heavy atom. The SMILES string of the molecule is CCCCC/C=C/CC1CCC=CC1CCCCCC. The molecule has 1 rings (SSSR count). The van der Waals surface area contributed by atoms with Gasteiger partial charge in [0.25, 0.3) is 0 Å². The van der Waals surface area contributed by atoms with E-state index in [1.807, 2.05) is 0 Å². The molecule has 0 fully saturated rings. The Balaban J connectivity index is 2.21. The largest absolute Gasteiger partial charge is 0.0885 e. The molecule has 0 nitrogen and oxygen atoms in total. The van der Waals surface area contributed by atoms with E-state index in [0.717, 1.165) is 11.8 Å². The van der Waals surface area contributed by atoms with E-state index in [1.165, 1.54) is 77.0 Å². The zero-order chi connectivity index (χ0) is 14.5. The van der Waals surface area contributed by atoms with Crippen LogP contribution in [0.1, 0.15) is 90.9 Å². The lowest BCUT2D eigenvalue weighted by Crippen LogP contribution is -2.15. The number of allylic oxidation sites excluding steroid dienone is 4. The second kappa shape index (κ2) is 12.2. The molecule has 0 aromatic carbocycles. The van der Waals surface area contributed by atoms with Crippen LogP contribution in [0.3, 0.4) is 0 Å². The van der Waals surface area contributed by atoms with Crippen molar-refractivity contribution in [2.24, 2.45) is 11.8 Å². The molecule has 0 N–H and O–H groups in total. The van der Waals surface area contributed by atoms with Gasteiger partial charge < -0.3 is 0 Å². The quantitative estimate of drug-likeness (QED) is 0.280. The van der Waals surface area contributed by atoms with Gasteiger partial charge in [-0.25, -0.2) is 0 Å². The highest BCUT2D eigenvalue weighted by Crippen LogP contribution is 2.32. The van der Waals surface area contributed by atoms with Crippen molar-refractivity contribution in [2.75, 3.05) is 0 Å². The first-order valence-electron chi connectivity index (χ1n) is 9.20. The van der Waals surface area contributed by atoms with Gasteiger partial charge in [-0.1, -0.05) is 76.7 Å². The summed E-state index contributed by atoms with van der Waals surface area (Å²) in [4.78, 5) is 0. The summed E-state index contributed by atoms with van der Waals surface area (Å²) in [5.74, 6) is 1.78. The van der Waals surface area contributed by atoms with Crippen molar-refractivity contribution in [3.05, 3.63) is 24.3 Å². The second-order valence-corrected chi connectivity index (χ2v) is 6.48. The molecule has 0 heteroatoms. The second-order valence-electron chi connectivity index (χ2n) is 6.48. The van der Waals surface area contributed by atoms with Gasteiger partial charge in [0.05, 0.1) is 0 Å². The fourth-order valence-electron chi connectivity index (χ4n) is 3.28. The summed E-state index contributed by atoms with van der Waals surface area (Å²) in [6.45, 7) is 4.58. The van der Waals surface area contributed by atoms with Gasteiger partial charge in [0, 0.05) is 0 Å². The molecule has 0 aliphatic heterocycles. The maximum Gasteiger partial charge on any atom is -0.0202 e. The van der Waals surface area contributed by atoms with Gasteiger partial charge in [0.15, 0.2) is 0 Å². The van der Waals surface area contributed by atoms with Crippen molar-refractivity contribution < 1.29 is 0 Å². The molecular formula is C20H36. The average Bonchev–Trinajstić information content (AvgIpc) is 2.48. The minimum Gasteiger partial charge on any atom is -0.0885 e. The third-order valence-corrected chi connectivity index (χ3v) is 4.66. The van der Waals surface area contributed by atoms with Crippen LogP contribution < -0.4 is 0 Å². The highest BCUT2D eigenvalue weighted by Gasteiger charge is 2.19. The third kappa shape index (κ3) is 7.92. The molecule has 0 amide bonds.